The van der Waals surface area contributed by atoms with Crippen LogP contribution in [0.25, 0.3) is 0 Å². The molecule has 0 aliphatic carbocycles. The van der Waals surface area contributed by atoms with Crippen LogP contribution in [0.1, 0.15) is 18.4 Å². The summed E-state index contributed by atoms with van der Waals surface area (Å²) in [7, 11) is 1.57. The Morgan fingerprint density at radius 2 is 2.00 bits per heavy atom. The maximum atomic E-state index is 12.4. The molecule has 1 fully saturated rings. The third-order valence-electron chi connectivity index (χ3n) is 4.23. The molecular formula is C18H21N3O3. The summed E-state index contributed by atoms with van der Waals surface area (Å²) in [4.78, 5) is 23.0. The molecule has 2 aromatic rings. The van der Waals surface area contributed by atoms with Crippen molar-refractivity contribution in [2.24, 2.45) is 5.92 Å². The van der Waals surface area contributed by atoms with E-state index in [1.807, 2.05) is 19.1 Å². The van der Waals surface area contributed by atoms with Gasteiger partial charge in [0.05, 0.1) is 19.2 Å². The molecule has 0 bridgehead atoms. The van der Waals surface area contributed by atoms with Gasteiger partial charge in [-0.25, -0.2) is 4.98 Å². The second-order valence-electron chi connectivity index (χ2n) is 5.90. The van der Waals surface area contributed by atoms with Crippen molar-refractivity contribution < 1.29 is 14.3 Å². The molecule has 0 amide bonds. The molecule has 0 N–H and O–H groups in total. The van der Waals surface area contributed by atoms with Gasteiger partial charge in [-0.2, -0.15) is 0 Å². The number of esters is 1. The predicted octanol–water partition coefficient (Wildman–Crippen LogP) is 2.62. The number of piperidine rings is 1. The fraction of sp³-hybridized carbons (Fsp3) is 0.389. The number of nitrogens with zero attached hydrogens (tertiary/aromatic N) is 3. The largest absolute Gasteiger partial charge is 0.493 e. The number of ether oxygens (including phenoxy) is 2. The number of rotatable bonds is 4. The van der Waals surface area contributed by atoms with E-state index < -0.39 is 0 Å². The minimum atomic E-state index is -0.198. The van der Waals surface area contributed by atoms with Gasteiger partial charge in [-0.15, -0.1) is 0 Å². The van der Waals surface area contributed by atoms with Crippen LogP contribution in [0.3, 0.4) is 0 Å². The van der Waals surface area contributed by atoms with Crippen LogP contribution in [0.5, 0.6) is 11.5 Å². The maximum absolute atomic E-state index is 12.4. The minimum Gasteiger partial charge on any atom is -0.493 e. The number of hydrogen-bond acceptors (Lipinski definition) is 6. The highest BCUT2D eigenvalue weighted by molar-refractivity contribution is 5.76. The molecule has 0 spiro atoms. The standard InChI is InChI=1S/C18H21N3O3/c1-13-3-4-15(16(11-13)23-2)24-18(22)14-5-9-21(10-6-14)17-12-19-7-8-20-17/h3-4,7-8,11-12,14H,5-6,9-10H2,1-2H3. The molecule has 3 rings (SSSR count). The van der Waals surface area contributed by atoms with E-state index in [0.29, 0.717) is 11.5 Å². The number of carbonyl (C=O) groups is 1. The first-order chi connectivity index (χ1) is 11.7. The van der Waals surface area contributed by atoms with Crippen molar-refractivity contribution in [3.63, 3.8) is 0 Å². The second-order valence-corrected chi connectivity index (χ2v) is 5.90. The Hall–Kier alpha value is -2.63. The molecular weight excluding hydrogens is 306 g/mol. The normalized spacial score (nSPS) is 15.2. The smallest absolute Gasteiger partial charge is 0.314 e. The molecule has 24 heavy (non-hydrogen) atoms. The fourth-order valence-electron chi connectivity index (χ4n) is 2.85. The van der Waals surface area contributed by atoms with Gasteiger partial charge in [-0.1, -0.05) is 6.07 Å². The molecule has 126 valence electrons. The van der Waals surface area contributed by atoms with Crippen LogP contribution in [-0.2, 0) is 4.79 Å². The van der Waals surface area contributed by atoms with Crippen molar-refractivity contribution in [1.82, 2.24) is 9.97 Å². The van der Waals surface area contributed by atoms with Crippen LogP contribution >= 0.6 is 0 Å². The SMILES string of the molecule is COc1cc(C)ccc1OC(=O)C1CCN(c2cnccn2)CC1. The Morgan fingerprint density at radius 3 is 2.67 bits per heavy atom. The van der Waals surface area contributed by atoms with E-state index in [1.165, 1.54) is 0 Å². The van der Waals surface area contributed by atoms with Gasteiger partial charge in [-0.05, 0) is 37.5 Å². The van der Waals surface area contributed by atoms with Crippen LogP contribution in [0.15, 0.2) is 36.8 Å². The lowest BCUT2D eigenvalue weighted by atomic mass is 9.97. The first-order valence-electron chi connectivity index (χ1n) is 8.04. The fourth-order valence-corrected chi connectivity index (χ4v) is 2.85. The highest BCUT2D eigenvalue weighted by Gasteiger charge is 2.27. The molecule has 1 saturated heterocycles. The Morgan fingerprint density at radius 1 is 1.21 bits per heavy atom. The molecule has 0 atom stereocenters. The summed E-state index contributed by atoms with van der Waals surface area (Å²) in [5, 5.41) is 0. The van der Waals surface area contributed by atoms with E-state index in [4.69, 9.17) is 9.47 Å². The number of benzene rings is 1. The number of anilines is 1. The van der Waals surface area contributed by atoms with Gasteiger partial charge in [0.25, 0.3) is 0 Å². The number of hydrogen-bond donors (Lipinski definition) is 0. The summed E-state index contributed by atoms with van der Waals surface area (Å²) < 4.78 is 10.9. The minimum absolute atomic E-state index is 0.107. The third kappa shape index (κ3) is 3.64. The summed E-state index contributed by atoms with van der Waals surface area (Å²) in [5.74, 6) is 1.61. The average Bonchev–Trinajstić information content (AvgIpc) is 2.64. The first kappa shape index (κ1) is 16.2. The molecule has 1 aliphatic heterocycles. The Labute approximate surface area is 141 Å². The summed E-state index contributed by atoms with van der Waals surface area (Å²) >= 11 is 0. The number of aryl methyl sites for hydroxylation is 1. The van der Waals surface area contributed by atoms with E-state index in [9.17, 15) is 4.79 Å². The Balaban J connectivity index is 1.60. The summed E-state index contributed by atoms with van der Waals surface area (Å²) in [6.45, 7) is 3.50. The van der Waals surface area contributed by atoms with Gasteiger partial charge < -0.3 is 14.4 Å². The van der Waals surface area contributed by atoms with Gasteiger partial charge >= 0.3 is 5.97 Å². The Bertz CT molecular complexity index is 698. The van der Waals surface area contributed by atoms with Crippen molar-refractivity contribution in [2.75, 3.05) is 25.1 Å². The lowest BCUT2D eigenvalue weighted by molar-refractivity contribution is -0.139. The lowest BCUT2D eigenvalue weighted by Crippen LogP contribution is -2.38. The zero-order valence-corrected chi connectivity index (χ0v) is 13.9. The zero-order chi connectivity index (χ0) is 16.9. The summed E-state index contributed by atoms with van der Waals surface area (Å²) in [5.41, 5.74) is 1.06. The van der Waals surface area contributed by atoms with Crippen molar-refractivity contribution >= 4 is 11.8 Å². The quantitative estimate of drug-likeness (QED) is 0.635. The van der Waals surface area contributed by atoms with Crippen molar-refractivity contribution in [2.45, 2.75) is 19.8 Å². The molecule has 6 heteroatoms. The second kappa shape index (κ2) is 7.29. The highest BCUT2D eigenvalue weighted by Crippen LogP contribution is 2.30. The lowest BCUT2D eigenvalue weighted by Gasteiger charge is -2.31. The van der Waals surface area contributed by atoms with E-state index in [-0.39, 0.29) is 11.9 Å². The molecule has 1 aromatic heterocycles. The van der Waals surface area contributed by atoms with E-state index in [2.05, 4.69) is 14.9 Å². The highest BCUT2D eigenvalue weighted by atomic mass is 16.6. The summed E-state index contributed by atoms with van der Waals surface area (Å²) in [6.07, 6.45) is 6.56. The van der Waals surface area contributed by atoms with Crippen LogP contribution in [0.2, 0.25) is 0 Å². The van der Waals surface area contributed by atoms with Crippen LogP contribution in [0, 0.1) is 12.8 Å². The van der Waals surface area contributed by atoms with Gasteiger partial charge in [0.1, 0.15) is 5.82 Å². The molecule has 0 saturated carbocycles. The van der Waals surface area contributed by atoms with Crippen LogP contribution < -0.4 is 14.4 Å². The predicted molar refractivity (Wildman–Crippen MR) is 90.3 cm³/mol. The van der Waals surface area contributed by atoms with E-state index >= 15 is 0 Å². The number of methoxy groups -OCH3 is 1. The van der Waals surface area contributed by atoms with Crippen LogP contribution in [-0.4, -0.2) is 36.1 Å². The molecule has 1 aromatic carbocycles. The monoisotopic (exact) mass is 327 g/mol. The molecule has 0 radical (unpaired) electrons. The maximum Gasteiger partial charge on any atom is 0.314 e. The topological polar surface area (TPSA) is 64.6 Å². The molecule has 6 nitrogen and oxygen atoms in total. The van der Waals surface area contributed by atoms with Gasteiger partial charge in [0, 0.05) is 25.5 Å². The average molecular weight is 327 g/mol. The zero-order valence-electron chi connectivity index (χ0n) is 13.9. The van der Waals surface area contributed by atoms with E-state index in [1.54, 1.807) is 31.8 Å². The van der Waals surface area contributed by atoms with Gasteiger partial charge in [0.2, 0.25) is 0 Å². The van der Waals surface area contributed by atoms with Crippen molar-refractivity contribution in [1.29, 1.82) is 0 Å². The summed E-state index contributed by atoms with van der Waals surface area (Å²) in [6, 6.07) is 5.54. The van der Waals surface area contributed by atoms with Crippen molar-refractivity contribution in [3.8, 4) is 11.5 Å². The van der Waals surface area contributed by atoms with E-state index in [0.717, 1.165) is 37.3 Å². The van der Waals surface area contributed by atoms with Gasteiger partial charge in [0.15, 0.2) is 11.5 Å². The Kier molecular flexibility index (Phi) is 4.93. The number of carbonyl (C=O) groups excluding carboxylic acids is 1. The number of aromatic nitrogens is 2. The molecule has 1 aliphatic rings. The van der Waals surface area contributed by atoms with Gasteiger partial charge in [-0.3, -0.25) is 9.78 Å². The molecule has 0 unspecified atom stereocenters. The molecule has 2 heterocycles. The van der Waals surface area contributed by atoms with Crippen molar-refractivity contribution in [3.05, 3.63) is 42.4 Å². The van der Waals surface area contributed by atoms with Crippen LogP contribution in [0.4, 0.5) is 5.82 Å². The third-order valence-corrected chi connectivity index (χ3v) is 4.23. The first-order valence-corrected chi connectivity index (χ1v) is 8.04.